The molecule has 3 aromatic carbocycles. The number of nitrogens with zero attached hydrogens (tertiary/aromatic N) is 1. The zero-order valence-electron chi connectivity index (χ0n) is 27.2. The summed E-state index contributed by atoms with van der Waals surface area (Å²) in [5.74, 6) is -6.93. The van der Waals surface area contributed by atoms with Crippen molar-refractivity contribution >= 4 is 52.2 Å². The van der Waals surface area contributed by atoms with Crippen LogP contribution in [0.2, 0.25) is 0 Å². The number of carbonyl (C=O) groups excluding carboxylic acids is 3. The van der Waals surface area contributed by atoms with E-state index in [0.717, 1.165) is 16.3 Å². The maximum atomic E-state index is 13.9. The number of aliphatic imine (C=N–C) groups is 1. The van der Waals surface area contributed by atoms with Crippen LogP contribution in [0.3, 0.4) is 0 Å². The first kappa shape index (κ1) is 41.0. The van der Waals surface area contributed by atoms with Gasteiger partial charge in [-0.15, -0.1) is 0 Å². The molecule has 2 unspecified atom stereocenters. The number of guanidine groups is 1. The van der Waals surface area contributed by atoms with Gasteiger partial charge in [-0.25, -0.2) is 4.79 Å². The van der Waals surface area contributed by atoms with Crippen LogP contribution in [0.15, 0.2) is 71.7 Å². The highest BCUT2D eigenvalue weighted by molar-refractivity contribution is 5.95. The number of nitrogen functional groups attached to an aromatic ring is 1. The standard InChI is InChI=1S/C31H38N8O5.C2HF3O2/c32-27(33)20-9-7-18(8-10-20)16-23(22-12-11-19-4-1-2-5-21(19)17-22)29(43)39-25(13-14-26(40)41)30(44)38-24(28(34)42)6-3-15-37-31(35)36;3-2(4,5)1(6)7/h1-2,4-5,7-12,17,23-25H,3,6,13-16H2,(H3,32,33)(H2,34,42)(H,38,44)(H,39,43)(H,40,41)(H4,35,36,37);(H,6,7)/t23-,24?,25?;/m0./s1. The maximum absolute atomic E-state index is 13.9. The van der Waals surface area contributed by atoms with Crippen molar-refractivity contribution in [2.75, 3.05) is 6.54 Å². The fourth-order valence-electron chi connectivity index (χ4n) is 4.71. The average Bonchev–Trinajstić information content (AvgIpc) is 3.06. The Hall–Kier alpha value is -6.20. The number of aliphatic carboxylic acids is 2. The van der Waals surface area contributed by atoms with Gasteiger partial charge in [0, 0.05) is 18.5 Å². The molecule has 274 valence electrons. The number of primary amides is 1. The van der Waals surface area contributed by atoms with Crippen molar-refractivity contribution in [3.05, 3.63) is 83.4 Å². The van der Waals surface area contributed by atoms with E-state index in [2.05, 4.69) is 15.6 Å². The van der Waals surface area contributed by atoms with Crippen molar-refractivity contribution < 1.29 is 47.4 Å². The van der Waals surface area contributed by atoms with Crippen molar-refractivity contribution in [2.24, 2.45) is 27.9 Å². The summed E-state index contributed by atoms with van der Waals surface area (Å²) >= 11 is 0. The first-order chi connectivity index (χ1) is 23.9. The van der Waals surface area contributed by atoms with Gasteiger partial charge >= 0.3 is 18.1 Å². The van der Waals surface area contributed by atoms with E-state index in [1.165, 1.54) is 0 Å². The molecule has 15 nitrogen and oxygen atoms in total. The number of amidine groups is 1. The smallest absolute Gasteiger partial charge is 0.481 e. The Balaban J connectivity index is 0.00000116. The van der Waals surface area contributed by atoms with Gasteiger partial charge in [0.05, 0.1) is 5.92 Å². The van der Waals surface area contributed by atoms with Gasteiger partial charge in [-0.3, -0.25) is 29.6 Å². The highest BCUT2D eigenvalue weighted by atomic mass is 19.4. The van der Waals surface area contributed by atoms with Gasteiger partial charge in [0.15, 0.2) is 5.96 Å². The summed E-state index contributed by atoms with van der Waals surface area (Å²) in [5.41, 5.74) is 23.7. The van der Waals surface area contributed by atoms with Crippen LogP contribution in [-0.4, -0.2) is 76.5 Å². The van der Waals surface area contributed by atoms with E-state index in [4.69, 9.17) is 38.2 Å². The SMILES string of the molecule is N=C(N)c1ccc(C[C@H](C(=O)NC(CCC(=O)O)C(=O)NC(CCCN=C(N)N)C(N)=O)c2ccc3ccccc3c2)cc1.O=C(O)C(F)(F)F. The number of nitrogens with two attached hydrogens (primary N) is 4. The Kier molecular flexibility index (Phi) is 15.4. The Bertz CT molecular complexity index is 1750. The highest BCUT2D eigenvalue weighted by Gasteiger charge is 2.38. The van der Waals surface area contributed by atoms with Crippen molar-refractivity contribution in [1.29, 1.82) is 5.41 Å². The van der Waals surface area contributed by atoms with E-state index in [1.807, 2.05) is 42.5 Å². The third-order valence-corrected chi connectivity index (χ3v) is 7.32. The number of carbonyl (C=O) groups is 5. The molecular weight excluding hydrogens is 677 g/mol. The normalized spacial score (nSPS) is 12.6. The van der Waals surface area contributed by atoms with Crippen molar-refractivity contribution in [3.63, 3.8) is 0 Å². The number of hydrogen-bond donors (Lipinski definition) is 9. The zero-order chi connectivity index (χ0) is 38.3. The Morgan fingerprint density at radius 2 is 1.39 bits per heavy atom. The summed E-state index contributed by atoms with van der Waals surface area (Å²) in [5, 5.41) is 31.2. The van der Waals surface area contributed by atoms with E-state index in [9.17, 15) is 37.5 Å². The molecule has 18 heteroatoms. The summed E-state index contributed by atoms with van der Waals surface area (Å²) in [7, 11) is 0. The minimum atomic E-state index is -5.08. The van der Waals surface area contributed by atoms with Crippen molar-refractivity contribution in [1.82, 2.24) is 10.6 Å². The molecule has 0 aromatic heterocycles. The fourth-order valence-corrected chi connectivity index (χ4v) is 4.71. The quantitative estimate of drug-likeness (QED) is 0.0584. The molecule has 0 fully saturated rings. The largest absolute Gasteiger partial charge is 0.490 e. The number of fused-ring (bicyclic) bond motifs is 1. The number of halogens is 3. The molecule has 0 bridgehead atoms. The fraction of sp³-hybridized carbons (Fsp3) is 0.303. The summed E-state index contributed by atoms with van der Waals surface area (Å²) < 4.78 is 31.7. The van der Waals surface area contributed by atoms with E-state index in [1.54, 1.807) is 24.3 Å². The summed E-state index contributed by atoms with van der Waals surface area (Å²) in [6.45, 7) is 0.210. The van der Waals surface area contributed by atoms with Gasteiger partial charge in [0.25, 0.3) is 0 Å². The summed E-state index contributed by atoms with van der Waals surface area (Å²) in [6.07, 6.45) is -5.00. The number of amides is 3. The number of carboxylic acids is 2. The third kappa shape index (κ3) is 14.1. The van der Waals surface area contributed by atoms with Crippen LogP contribution in [-0.2, 0) is 30.4 Å². The molecule has 51 heavy (non-hydrogen) atoms. The molecule has 0 radical (unpaired) electrons. The Morgan fingerprint density at radius 1 is 0.804 bits per heavy atom. The van der Waals surface area contributed by atoms with E-state index < -0.39 is 60.3 Å². The molecule has 0 aliphatic carbocycles. The topological polar surface area (TPSA) is 290 Å². The molecule has 0 heterocycles. The second-order valence-corrected chi connectivity index (χ2v) is 11.2. The molecule has 3 amide bonds. The number of carboxylic acid groups (broad SMARTS) is 2. The monoisotopic (exact) mass is 716 g/mol. The van der Waals surface area contributed by atoms with Crippen molar-refractivity contribution in [3.8, 4) is 0 Å². The van der Waals surface area contributed by atoms with Crippen LogP contribution in [0.1, 0.15) is 48.3 Å². The molecule has 3 aromatic rings. The van der Waals surface area contributed by atoms with Gasteiger partial charge in [0.2, 0.25) is 17.7 Å². The van der Waals surface area contributed by atoms with Crippen LogP contribution in [0.4, 0.5) is 13.2 Å². The van der Waals surface area contributed by atoms with E-state index >= 15 is 0 Å². The number of hydrogen-bond acceptors (Lipinski definition) is 7. The van der Waals surface area contributed by atoms with Gasteiger partial charge in [-0.1, -0.05) is 66.7 Å². The molecule has 0 aliphatic rings. The van der Waals surface area contributed by atoms with Crippen molar-refractivity contribution in [2.45, 2.75) is 56.3 Å². The van der Waals surface area contributed by atoms with Gasteiger partial charge < -0.3 is 43.8 Å². The molecular formula is C33H39F3N8O7. The lowest BCUT2D eigenvalue weighted by atomic mass is 9.89. The minimum Gasteiger partial charge on any atom is -0.481 e. The third-order valence-electron chi connectivity index (χ3n) is 7.32. The van der Waals surface area contributed by atoms with E-state index in [0.29, 0.717) is 17.5 Å². The van der Waals surface area contributed by atoms with Gasteiger partial charge in [0.1, 0.15) is 17.9 Å². The first-order valence-electron chi connectivity index (χ1n) is 15.3. The number of benzene rings is 3. The lowest BCUT2D eigenvalue weighted by Crippen LogP contribution is -2.53. The molecule has 0 spiro atoms. The maximum Gasteiger partial charge on any atom is 0.490 e. The molecule has 0 aliphatic heterocycles. The number of rotatable bonds is 16. The molecule has 0 saturated carbocycles. The lowest BCUT2D eigenvalue weighted by molar-refractivity contribution is -0.192. The lowest BCUT2D eigenvalue weighted by Gasteiger charge is -2.24. The number of alkyl halides is 3. The molecule has 3 rings (SSSR count). The van der Waals surface area contributed by atoms with Gasteiger partial charge in [-0.05, 0) is 47.6 Å². The predicted molar refractivity (Wildman–Crippen MR) is 181 cm³/mol. The predicted octanol–water partition coefficient (Wildman–Crippen LogP) is 1.46. The van der Waals surface area contributed by atoms with Gasteiger partial charge in [-0.2, -0.15) is 13.2 Å². The second-order valence-electron chi connectivity index (χ2n) is 11.2. The molecule has 0 saturated heterocycles. The zero-order valence-corrected chi connectivity index (χ0v) is 27.2. The van der Waals surface area contributed by atoms with Crippen LogP contribution in [0.5, 0.6) is 0 Å². The molecule has 13 N–H and O–H groups in total. The average molecular weight is 717 g/mol. The minimum absolute atomic E-state index is 0.0850. The van der Waals surface area contributed by atoms with Crippen LogP contribution >= 0.6 is 0 Å². The highest BCUT2D eigenvalue weighted by Crippen LogP contribution is 2.26. The van der Waals surface area contributed by atoms with Crippen LogP contribution in [0, 0.1) is 5.41 Å². The Morgan fingerprint density at radius 3 is 1.92 bits per heavy atom. The Labute approximate surface area is 289 Å². The van der Waals surface area contributed by atoms with Crippen LogP contribution in [0.25, 0.3) is 10.8 Å². The summed E-state index contributed by atoms with van der Waals surface area (Å²) in [4.78, 5) is 63.4. The summed E-state index contributed by atoms with van der Waals surface area (Å²) in [6, 6.07) is 17.9. The first-order valence-corrected chi connectivity index (χ1v) is 15.3. The number of nitrogens with one attached hydrogen (secondary N) is 3. The van der Waals surface area contributed by atoms with E-state index in [-0.39, 0.29) is 37.6 Å². The second kappa shape index (κ2) is 19.1. The van der Waals surface area contributed by atoms with Crippen LogP contribution < -0.4 is 33.6 Å². The molecule has 3 atom stereocenters.